The minimum absolute atomic E-state index is 0.0215. The molecule has 4 nitrogen and oxygen atoms in total. The first kappa shape index (κ1) is 23.3. The van der Waals surface area contributed by atoms with Crippen LogP contribution in [0.1, 0.15) is 76.8 Å². The van der Waals surface area contributed by atoms with Crippen molar-refractivity contribution >= 4 is 11.6 Å². The van der Waals surface area contributed by atoms with Crippen LogP contribution in [0.3, 0.4) is 0 Å². The number of amides is 1. The minimum atomic E-state index is -0.280. The third-order valence-corrected chi connectivity index (χ3v) is 5.74. The van der Waals surface area contributed by atoms with Crippen LogP contribution in [0, 0.1) is 17.8 Å². The summed E-state index contributed by atoms with van der Waals surface area (Å²) in [5.41, 5.74) is 3.18. The molecule has 0 fully saturated rings. The number of benzene rings is 1. The fourth-order valence-electron chi connectivity index (χ4n) is 4.16. The Morgan fingerprint density at radius 1 is 1.21 bits per heavy atom. The molecule has 2 rings (SSSR count). The van der Waals surface area contributed by atoms with Crippen molar-refractivity contribution < 1.29 is 9.90 Å². The molecule has 29 heavy (non-hydrogen) atoms. The van der Waals surface area contributed by atoms with Gasteiger partial charge in [0.05, 0.1) is 12.6 Å². The summed E-state index contributed by atoms with van der Waals surface area (Å²) in [6, 6.07) is 5.60. The van der Waals surface area contributed by atoms with E-state index >= 15 is 0 Å². The molecule has 0 saturated heterocycles. The van der Waals surface area contributed by atoms with Gasteiger partial charge in [0.1, 0.15) is 6.04 Å². The number of hydrogen-bond acceptors (Lipinski definition) is 3. The van der Waals surface area contributed by atoms with E-state index in [2.05, 4.69) is 55.0 Å². The molecule has 1 aliphatic heterocycles. The Balaban J connectivity index is 2.19. The van der Waals surface area contributed by atoms with Gasteiger partial charge in [-0.3, -0.25) is 4.79 Å². The van der Waals surface area contributed by atoms with Crippen molar-refractivity contribution in [1.29, 1.82) is 0 Å². The van der Waals surface area contributed by atoms with Crippen LogP contribution in [0.2, 0.25) is 0 Å². The van der Waals surface area contributed by atoms with E-state index in [-0.39, 0.29) is 30.5 Å². The summed E-state index contributed by atoms with van der Waals surface area (Å²) in [6.07, 6.45) is 9.14. The van der Waals surface area contributed by atoms with E-state index in [0.717, 1.165) is 29.7 Å². The zero-order valence-electron chi connectivity index (χ0n) is 18.6. The SMILES string of the molecule is CCCCCCCCC#Cc1cccc2c1C[C@@H](CO)NC(=O)[C@H](C(C)C)N2C. The highest BCUT2D eigenvalue weighted by molar-refractivity contribution is 5.87. The molecule has 0 spiro atoms. The van der Waals surface area contributed by atoms with Gasteiger partial charge in [-0.25, -0.2) is 0 Å². The average molecular weight is 399 g/mol. The molecular weight excluding hydrogens is 360 g/mol. The highest BCUT2D eigenvalue weighted by atomic mass is 16.3. The van der Waals surface area contributed by atoms with Gasteiger partial charge in [-0.2, -0.15) is 0 Å². The first-order chi connectivity index (χ1) is 14.0. The van der Waals surface area contributed by atoms with Crippen LogP contribution in [0.25, 0.3) is 0 Å². The molecule has 0 bridgehead atoms. The number of hydrogen-bond donors (Lipinski definition) is 2. The van der Waals surface area contributed by atoms with Gasteiger partial charge < -0.3 is 15.3 Å². The zero-order valence-corrected chi connectivity index (χ0v) is 18.6. The van der Waals surface area contributed by atoms with Gasteiger partial charge in [0.15, 0.2) is 0 Å². The van der Waals surface area contributed by atoms with E-state index in [1.807, 2.05) is 13.1 Å². The minimum Gasteiger partial charge on any atom is -0.394 e. The maximum atomic E-state index is 12.7. The molecule has 4 heteroatoms. The highest BCUT2D eigenvalue weighted by Gasteiger charge is 2.32. The number of likely N-dealkylation sites (N-methyl/N-ethyl adjacent to an activating group) is 1. The predicted molar refractivity (Wildman–Crippen MR) is 121 cm³/mol. The van der Waals surface area contributed by atoms with Gasteiger partial charge in [0.25, 0.3) is 0 Å². The van der Waals surface area contributed by atoms with Crippen LogP contribution >= 0.6 is 0 Å². The smallest absolute Gasteiger partial charge is 0.243 e. The first-order valence-electron chi connectivity index (χ1n) is 11.2. The van der Waals surface area contributed by atoms with Crippen LogP contribution in [0.5, 0.6) is 0 Å². The van der Waals surface area contributed by atoms with Crippen molar-refractivity contribution in [1.82, 2.24) is 5.32 Å². The molecule has 1 heterocycles. The topological polar surface area (TPSA) is 52.6 Å². The number of unbranched alkanes of at least 4 members (excludes halogenated alkanes) is 6. The van der Waals surface area contributed by atoms with E-state index in [0.29, 0.717) is 6.42 Å². The largest absolute Gasteiger partial charge is 0.394 e. The lowest BCUT2D eigenvalue weighted by atomic mass is 9.92. The van der Waals surface area contributed by atoms with Gasteiger partial charge in [0.2, 0.25) is 5.91 Å². The summed E-state index contributed by atoms with van der Waals surface area (Å²) in [6.45, 7) is 6.28. The molecule has 0 aromatic heterocycles. The molecule has 1 aromatic rings. The van der Waals surface area contributed by atoms with E-state index < -0.39 is 0 Å². The van der Waals surface area contributed by atoms with Gasteiger partial charge in [-0.1, -0.05) is 70.8 Å². The number of anilines is 1. The normalized spacial score (nSPS) is 19.1. The number of nitrogens with one attached hydrogen (secondary N) is 1. The Hall–Kier alpha value is -1.99. The fourth-order valence-corrected chi connectivity index (χ4v) is 4.16. The van der Waals surface area contributed by atoms with Crippen molar-refractivity contribution in [3.8, 4) is 11.8 Å². The molecule has 0 aliphatic carbocycles. The van der Waals surface area contributed by atoms with Crippen LogP contribution in [0.4, 0.5) is 5.69 Å². The Morgan fingerprint density at radius 3 is 2.62 bits per heavy atom. The lowest BCUT2D eigenvalue weighted by Crippen LogP contribution is -2.54. The van der Waals surface area contributed by atoms with E-state index in [4.69, 9.17) is 0 Å². The number of rotatable bonds is 8. The summed E-state index contributed by atoms with van der Waals surface area (Å²) in [7, 11) is 1.98. The number of aliphatic hydroxyl groups excluding tert-OH is 1. The maximum Gasteiger partial charge on any atom is 0.243 e. The molecule has 0 radical (unpaired) electrons. The van der Waals surface area contributed by atoms with Crippen LogP contribution in [-0.4, -0.2) is 36.8 Å². The Bertz CT molecular complexity index is 717. The van der Waals surface area contributed by atoms with Crippen molar-refractivity contribution in [3.05, 3.63) is 29.3 Å². The van der Waals surface area contributed by atoms with Crippen molar-refractivity contribution in [2.24, 2.45) is 5.92 Å². The fraction of sp³-hybridized carbons (Fsp3) is 0.640. The zero-order chi connectivity index (χ0) is 21.2. The Kier molecular flexibility index (Phi) is 9.54. The summed E-state index contributed by atoms with van der Waals surface area (Å²) >= 11 is 0. The summed E-state index contributed by atoms with van der Waals surface area (Å²) < 4.78 is 0. The number of nitrogens with zero attached hydrogens (tertiary/aromatic N) is 1. The second-order valence-electron chi connectivity index (χ2n) is 8.51. The number of carbonyl (C=O) groups is 1. The summed E-state index contributed by atoms with van der Waals surface area (Å²) in [5.74, 6) is 6.86. The van der Waals surface area contributed by atoms with E-state index in [1.54, 1.807) is 0 Å². The monoisotopic (exact) mass is 398 g/mol. The van der Waals surface area contributed by atoms with Crippen molar-refractivity contribution in [2.45, 2.75) is 84.2 Å². The van der Waals surface area contributed by atoms with Gasteiger partial charge in [-0.05, 0) is 36.5 Å². The van der Waals surface area contributed by atoms with Gasteiger partial charge in [-0.15, -0.1) is 0 Å². The first-order valence-corrected chi connectivity index (χ1v) is 11.2. The summed E-state index contributed by atoms with van der Waals surface area (Å²) in [5, 5.41) is 12.8. The molecule has 1 aliphatic rings. The van der Waals surface area contributed by atoms with Gasteiger partial charge >= 0.3 is 0 Å². The second-order valence-corrected chi connectivity index (χ2v) is 8.51. The third-order valence-electron chi connectivity index (χ3n) is 5.74. The Morgan fingerprint density at radius 2 is 1.93 bits per heavy atom. The molecule has 0 unspecified atom stereocenters. The average Bonchev–Trinajstić information content (AvgIpc) is 2.68. The number of aliphatic hydroxyl groups is 1. The lowest BCUT2D eigenvalue weighted by molar-refractivity contribution is -0.124. The molecule has 2 atom stereocenters. The maximum absolute atomic E-state index is 12.7. The standard InChI is InChI=1S/C25H38N2O2/c1-5-6-7-8-9-10-11-12-14-20-15-13-16-23-22(20)17-21(18-28)26-25(29)24(19(2)3)27(23)4/h13,15-16,19,21,24,28H,5-11,17-18H2,1-4H3,(H,26,29)/t21-,24-/m0/s1. The predicted octanol–water partition coefficient (Wildman–Crippen LogP) is 4.28. The molecule has 0 saturated carbocycles. The van der Waals surface area contributed by atoms with Gasteiger partial charge in [0, 0.05) is 24.7 Å². The summed E-state index contributed by atoms with van der Waals surface area (Å²) in [4.78, 5) is 14.8. The quantitative estimate of drug-likeness (QED) is 0.507. The molecular formula is C25H38N2O2. The molecule has 2 N–H and O–H groups in total. The third kappa shape index (κ3) is 6.51. The van der Waals surface area contributed by atoms with E-state index in [9.17, 15) is 9.90 Å². The number of carbonyl (C=O) groups excluding carboxylic acids is 1. The molecule has 1 amide bonds. The lowest BCUT2D eigenvalue weighted by Gasteiger charge is -2.37. The van der Waals surface area contributed by atoms with Crippen molar-refractivity contribution in [3.63, 3.8) is 0 Å². The molecule has 1 aromatic carbocycles. The van der Waals surface area contributed by atoms with Crippen LogP contribution in [-0.2, 0) is 11.2 Å². The molecule has 160 valence electrons. The number of fused-ring (bicyclic) bond motifs is 1. The highest BCUT2D eigenvalue weighted by Crippen LogP contribution is 2.29. The van der Waals surface area contributed by atoms with E-state index in [1.165, 1.54) is 32.1 Å². The second kappa shape index (κ2) is 11.9. The van der Waals surface area contributed by atoms with Crippen LogP contribution in [0.15, 0.2) is 18.2 Å². The van der Waals surface area contributed by atoms with Crippen molar-refractivity contribution in [2.75, 3.05) is 18.6 Å². The van der Waals surface area contributed by atoms with Crippen LogP contribution < -0.4 is 10.2 Å². The Labute approximate surface area is 177 Å².